The zero-order chi connectivity index (χ0) is 24.6. The molecule has 186 valence electrons. The van der Waals surface area contributed by atoms with E-state index < -0.39 is 0 Å². The van der Waals surface area contributed by atoms with Crippen molar-refractivity contribution in [3.05, 3.63) is 78.9 Å². The second-order valence-corrected chi connectivity index (χ2v) is 10.5. The number of hydrogen-bond donors (Lipinski definition) is 1. The Labute approximate surface area is 221 Å². The van der Waals surface area contributed by atoms with Crippen LogP contribution in [0.5, 0.6) is 5.75 Å². The summed E-state index contributed by atoms with van der Waals surface area (Å²) >= 11 is 4.28. The van der Waals surface area contributed by atoms with Crippen molar-refractivity contribution in [2.24, 2.45) is 0 Å². The molecule has 2 heteroatoms. The molecule has 0 bridgehead atoms. The standard InChI is InChI=1S/C34H38OS/c36-25-10-8-6-4-2-1-3-5-7-9-24-35-30-20-16-26(17-21-30)31-22-18-29-15-14-27-12-11-13-28-19-23-32(31)34(29)33(27)28/h11-23,36H,1-10,24-25H2. The number of unbranched alkanes of at least 4 members (excludes halogenated alkanes) is 9. The molecule has 5 rings (SSSR count). The molecule has 0 saturated heterocycles. The van der Waals surface area contributed by atoms with E-state index in [2.05, 4.69) is 91.5 Å². The summed E-state index contributed by atoms with van der Waals surface area (Å²) in [6.45, 7) is 0.807. The largest absolute Gasteiger partial charge is 0.494 e. The molecule has 0 fully saturated rings. The molecule has 0 heterocycles. The van der Waals surface area contributed by atoms with Gasteiger partial charge in [-0.1, -0.05) is 118 Å². The first-order valence-corrected chi connectivity index (χ1v) is 14.5. The van der Waals surface area contributed by atoms with E-state index >= 15 is 0 Å². The molecule has 5 aromatic rings. The molecule has 0 aromatic heterocycles. The Morgan fingerprint density at radius 1 is 0.500 bits per heavy atom. The fourth-order valence-corrected chi connectivity index (χ4v) is 5.76. The van der Waals surface area contributed by atoms with E-state index in [9.17, 15) is 0 Å². The van der Waals surface area contributed by atoms with Gasteiger partial charge in [-0.3, -0.25) is 0 Å². The van der Waals surface area contributed by atoms with Gasteiger partial charge in [0.15, 0.2) is 0 Å². The van der Waals surface area contributed by atoms with Gasteiger partial charge in [0.1, 0.15) is 5.75 Å². The van der Waals surface area contributed by atoms with E-state index in [1.54, 1.807) is 0 Å². The van der Waals surface area contributed by atoms with Crippen molar-refractivity contribution in [2.45, 2.75) is 64.2 Å². The zero-order valence-electron chi connectivity index (χ0n) is 21.3. The minimum absolute atomic E-state index is 0.807. The second kappa shape index (κ2) is 12.5. The maximum absolute atomic E-state index is 6.05. The highest BCUT2D eigenvalue weighted by Crippen LogP contribution is 2.39. The maximum Gasteiger partial charge on any atom is 0.119 e. The monoisotopic (exact) mass is 494 g/mol. The van der Waals surface area contributed by atoms with Gasteiger partial charge in [0.05, 0.1) is 6.61 Å². The molecule has 0 saturated carbocycles. The summed E-state index contributed by atoms with van der Waals surface area (Å²) in [5.41, 5.74) is 2.53. The minimum Gasteiger partial charge on any atom is -0.494 e. The molecule has 0 amide bonds. The first-order chi connectivity index (χ1) is 17.8. The summed E-state index contributed by atoms with van der Waals surface area (Å²) in [6, 6.07) is 28.8. The van der Waals surface area contributed by atoms with Gasteiger partial charge in [-0.25, -0.2) is 0 Å². The number of rotatable bonds is 14. The number of benzene rings is 5. The van der Waals surface area contributed by atoms with Crippen LogP contribution >= 0.6 is 12.6 Å². The number of thiol groups is 1. The Morgan fingerprint density at radius 2 is 1.06 bits per heavy atom. The van der Waals surface area contributed by atoms with Crippen molar-refractivity contribution in [3.63, 3.8) is 0 Å². The van der Waals surface area contributed by atoms with Gasteiger partial charge in [-0.2, -0.15) is 12.6 Å². The van der Waals surface area contributed by atoms with Crippen molar-refractivity contribution in [1.82, 2.24) is 0 Å². The summed E-state index contributed by atoms with van der Waals surface area (Å²) in [5.74, 6) is 2.01. The molecular weight excluding hydrogens is 456 g/mol. The molecule has 1 nitrogen and oxygen atoms in total. The van der Waals surface area contributed by atoms with Crippen LogP contribution in [0.2, 0.25) is 0 Å². The minimum atomic E-state index is 0.807. The Morgan fingerprint density at radius 3 is 1.72 bits per heavy atom. The normalized spacial score (nSPS) is 11.7. The average molecular weight is 495 g/mol. The smallest absolute Gasteiger partial charge is 0.119 e. The molecule has 0 unspecified atom stereocenters. The van der Waals surface area contributed by atoms with Crippen LogP contribution in [0, 0.1) is 0 Å². The van der Waals surface area contributed by atoms with Gasteiger partial charge >= 0.3 is 0 Å². The summed E-state index contributed by atoms with van der Waals surface area (Å²) in [7, 11) is 0. The van der Waals surface area contributed by atoms with E-state index in [1.165, 1.54) is 101 Å². The van der Waals surface area contributed by atoms with E-state index in [0.717, 1.165) is 24.5 Å². The lowest BCUT2D eigenvalue weighted by Gasteiger charge is -2.14. The van der Waals surface area contributed by atoms with Crippen LogP contribution in [0.1, 0.15) is 64.2 Å². The zero-order valence-corrected chi connectivity index (χ0v) is 22.2. The molecule has 36 heavy (non-hydrogen) atoms. The van der Waals surface area contributed by atoms with Crippen molar-refractivity contribution in [1.29, 1.82) is 0 Å². The summed E-state index contributed by atoms with van der Waals surface area (Å²) in [4.78, 5) is 0. The second-order valence-electron chi connectivity index (χ2n) is 10.1. The highest BCUT2D eigenvalue weighted by molar-refractivity contribution is 7.80. The van der Waals surface area contributed by atoms with Crippen molar-refractivity contribution < 1.29 is 4.74 Å². The van der Waals surface area contributed by atoms with Gasteiger partial charge in [0, 0.05) is 0 Å². The van der Waals surface area contributed by atoms with Gasteiger partial charge < -0.3 is 4.74 Å². The van der Waals surface area contributed by atoms with Crippen LogP contribution in [-0.2, 0) is 0 Å². The van der Waals surface area contributed by atoms with Crippen LogP contribution in [0.3, 0.4) is 0 Å². The lowest BCUT2D eigenvalue weighted by atomic mass is 9.90. The SMILES string of the molecule is SCCCCCCCCCCCCOc1ccc(-c2ccc3ccc4cccc5ccc2c3c45)cc1. The van der Waals surface area contributed by atoms with E-state index in [-0.39, 0.29) is 0 Å². The molecular formula is C34H38OS. The topological polar surface area (TPSA) is 9.23 Å². The van der Waals surface area contributed by atoms with Crippen LogP contribution in [0.4, 0.5) is 0 Å². The highest BCUT2D eigenvalue weighted by atomic mass is 32.1. The Balaban J connectivity index is 1.13. The van der Waals surface area contributed by atoms with Crippen LogP contribution in [0.25, 0.3) is 43.4 Å². The predicted molar refractivity (Wildman–Crippen MR) is 161 cm³/mol. The summed E-state index contributed by atoms with van der Waals surface area (Å²) in [5, 5.41) is 8.00. The molecule has 0 N–H and O–H groups in total. The first kappa shape index (κ1) is 25.0. The number of hydrogen-bond acceptors (Lipinski definition) is 2. The van der Waals surface area contributed by atoms with Gasteiger partial charge in [-0.15, -0.1) is 0 Å². The molecule has 0 spiro atoms. The fourth-order valence-electron chi connectivity index (χ4n) is 5.54. The Hall–Kier alpha value is -2.71. The van der Waals surface area contributed by atoms with E-state index in [1.807, 2.05) is 0 Å². The molecule has 0 aliphatic rings. The van der Waals surface area contributed by atoms with E-state index in [4.69, 9.17) is 4.74 Å². The average Bonchev–Trinajstić information content (AvgIpc) is 2.93. The third-order valence-corrected chi connectivity index (χ3v) is 7.83. The van der Waals surface area contributed by atoms with Crippen molar-refractivity contribution >= 4 is 44.9 Å². The number of ether oxygens (including phenoxy) is 1. The fraction of sp³-hybridized carbons (Fsp3) is 0.353. The molecule has 0 atom stereocenters. The van der Waals surface area contributed by atoms with Crippen molar-refractivity contribution in [2.75, 3.05) is 12.4 Å². The van der Waals surface area contributed by atoms with Crippen LogP contribution in [0.15, 0.2) is 78.9 Å². The van der Waals surface area contributed by atoms with E-state index in [0.29, 0.717) is 0 Å². The van der Waals surface area contributed by atoms with Crippen molar-refractivity contribution in [3.8, 4) is 16.9 Å². The molecule has 0 aliphatic heterocycles. The first-order valence-electron chi connectivity index (χ1n) is 13.9. The quantitative estimate of drug-likeness (QED) is 0.0917. The predicted octanol–water partition coefficient (Wildman–Crippen LogP) is 10.5. The third kappa shape index (κ3) is 5.81. The van der Waals surface area contributed by atoms with Crippen LogP contribution in [-0.4, -0.2) is 12.4 Å². The lowest BCUT2D eigenvalue weighted by molar-refractivity contribution is 0.304. The highest BCUT2D eigenvalue weighted by Gasteiger charge is 2.11. The van der Waals surface area contributed by atoms with Crippen LogP contribution < -0.4 is 4.74 Å². The Kier molecular flexibility index (Phi) is 8.67. The van der Waals surface area contributed by atoms with Gasteiger partial charge in [-0.05, 0) is 74.2 Å². The summed E-state index contributed by atoms with van der Waals surface area (Å²) in [6.07, 6.45) is 13.2. The van der Waals surface area contributed by atoms with Gasteiger partial charge in [0.25, 0.3) is 0 Å². The molecule has 5 aromatic carbocycles. The third-order valence-electron chi connectivity index (χ3n) is 7.52. The van der Waals surface area contributed by atoms with Gasteiger partial charge in [0.2, 0.25) is 0 Å². The lowest BCUT2D eigenvalue weighted by Crippen LogP contribution is -1.97. The molecule has 0 aliphatic carbocycles. The summed E-state index contributed by atoms with van der Waals surface area (Å²) < 4.78 is 6.05. The maximum atomic E-state index is 6.05. The Bertz CT molecular complexity index is 1360. The molecule has 0 radical (unpaired) electrons.